The van der Waals surface area contributed by atoms with Crippen LogP contribution in [0.15, 0.2) is 12.3 Å². The average Bonchev–Trinajstić information content (AvgIpc) is 2.18. The summed E-state index contributed by atoms with van der Waals surface area (Å²) in [5.74, 6) is -2.39. The van der Waals surface area contributed by atoms with E-state index < -0.39 is 29.5 Å². The third kappa shape index (κ3) is 2.75. The molecular weight excluding hydrogens is 229 g/mol. The fourth-order valence-corrected chi connectivity index (χ4v) is 0.958. The van der Waals surface area contributed by atoms with Crippen molar-refractivity contribution >= 4 is 11.8 Å². The first-order valence-corrected chi connectivity index (χ1v) is 3.93. The molecule has 0 aliphatic heterocycles. The molecule has 2 N–H and O–H groups in total. The predicted octanol–water partition coefficient (Wildman–Crippen LogP) is 1.35. The summed E-state index contributed by atoms with van der Waals surface area (Å²) in [6, 6.07) is 1.02. The van der Waals surface area contributed by atoms with E-state index in [1.165, 1.54) is 0 Å². The van der Waals surface area contributed by atoms with E-state index in [0.717, 1.165) is 19.4 Å². The van der Waals surface area contributed by atoms with Crippen LogP contribution in [0.3, 0.4) is 0 Å². The Balaban J connectivity index is 3.19. The maximum atomic E-state index is 12.0. The Morgan fingerprint density at radius 3 is 2.62 bits per heavy atom. The summed E-state index contributed by atoms with van der Waals surface area (Å²) >= 11 is 0. The number of methoxy groups -OCH3 is 1. The molecule has 0 amide bonds. The number of carbonyl (C=O) groups excluding carboxylic acids is 1. The topological polar surface area (TPSA) is 74.4 Å². The second kappa shape index (κ2) is 4.25. The summed E-state index contributed by atoms with van der Waals surface area (Å²) in [6.45, 7) is 0. The summed E-state index contributed by atoms with van der Waals surface area (Å²) < 4.78 is 43.9. The Bertz CT molecular complexity index is 406. The Kier molecular flexibility index (Phi) is 3.21. The lowest BCUT2D eigenvalue weighted by molar-refractivity contribution is -0.274. The number of carbonyl (C=O) groups is 1. The van der Waals surface area contributed by atoms with E-state index in [9.17, 15) is 18.0 Å². The first-order chi connectivity index (χ1) is 7.35. The van der Waals surface area contributed by atoms with Gasteiger partial charge in [-0.2, -0.15) is 0 Å². The van der Waals surface area contributed by atoms with Gasteiger partial charge >= 0.3 is 12.3 Å². The molecule has 0 aliphatic carbocycles. The number of nitrogens with zero attached hydrogens (tertiary/aromatic N) is 1. The van der Waals surface area contributed by atoms with E-state index in [0.29, 0.717) is 0 Å². The van der Waals surface area contributed by atoms with Crippen molar-refractivity contribution in [3.8, 4) is 5.75 Å². The first kappa shape index (κ1) is 12.1. The number of hydrogen-bond donors (Lipinski definition) is 1. The lowest BCUT2D eigenvalue weighted by Gasteiger charge is -2.13. The molecule has 1 aromatic rings. The highest BCUT2D eigenvalue weighted by atomic mass is 19.4. The zero-order chi connectivity index (χ0) is 12.3. The number of nitrogen functional groups attached to an aromatic ring is 1. The van der Waals surface area contributed by atoms with Crippen molar-refractivity contribution in [1.82, 2.24) is 4.98 Å². The zero-order valence-electron chi connectivity index (χ0n) is 8.04. The van der Waals surface area contributed by atoms with Gasteiger partial charge in [-0.15, -0.1) is 13.2 Å². The van der Waals surface area contributed by atoms with Crippen molar-refractivity contribution in [3.63, 3.8) is 0 Å². The van der Waals surface area contributed by atoms with Crippen molar-refractivity contribution in [2.24, 2.45) is 0 Å². The van der Waals surface area contributed by atoms with Crippen molar-refractivity contribution in [2.75, 3.05) is 12.8 Å². The van der Waals surface area contributed by atoms with E-state index in [-0.39, 0.29) is 0 Å². The third-order valence-electron chi connectivity index (χ3n) is 1.56. The monoisotopic (exact) mass is 236 g/mol. The lowest BCUT2D eigenvalue weighted by atomic mass is 10.2. The molecule has 0 saturated carbocycles. The van der Waals surface area contributed by atoms with Gasteiger partial charge in [-0.3, -0.25) is 0 Å². The first-order valence-electron chi connectivity index (χ1n) is 3.93. The molecule has 8 heteroatoms. The van der Waals surface area contributed by atoms with Crippen molar-refractivity contribution in [3.05, 3.63) is 17.8 Å². The van der Waals surface area contributed by atoms with Crippen LogP contribution in [0.25, 0.3) is 0 Å². The summed E-state index contributed by atoms with van der Waals surface area (Å²) in [4.78, 5) is 14.5. The van der Waals surface area contributed by atoms with Crippen LogP contribution < -0.4 is 10.5 Å². The second-order valence-corrected chi connectivity index (χ2v) is 2.61. The number of nitrogens with two attached hydrogens (primary N) is 1. The molecule has 0 radical (unpaired) electrons. The number of hydrogen-bond acceptors (Lipinski definition) is 5. The van der Waals surface area contributed by atoms with Gasteiger partial charge in [0.25, 0.3) is 0 Å². The summed E-state index contributed by atoms with van der Waals surface area (Å²) in [7, 11) is 1.02. The molecule has 1 rings (SSSR count). The predicted molar refractivity (Wildman–Crippen MR) is 46.7 cm³/mol. The van der Waals surface area contributed by atoms with Gasteiger partial charge in [0.15, 0.2) is 11.6 Å². The van der Waals surface area contributed by atoms with Crippen LogP contribution in [0.4, 0.5) is 19.0 Å². The third-order valence-corrected chi connectivity index (χ3v) is 1.56. The minimum absolute atomic E-state index is 0.438. The molecule has 88 valence electrons. The van der Waals surface area contributed by atoms with Crippen LogP contribution in [0.1, 0.15) is 10.4 Å². The highest BCUT2D eigenvalue weighted by Crippen LogP contribution is 2.30. The number of halogens is 3. The van der Waals surface area contributed by atoms with Crippen molar-refractivity contribution in [1.29, 1.82) is 0 Å². The maximum Gasteiger partial charge on any atom is 0.573 e. The molecule has 0 unspecified atom stereocenters. The van der Waals surface area contributed by atoms with Gasteiger partial charge in [0, 0.05) is 6.20 Å². The average molecular weight is 236 g/mol. The minimum Gasteiger partial charge on any atom is -0.465 e. The van der Waals surface area contributed by atoms with Gasteiger partial charge in [0.05, 0.1) is 7.11 Å². The smallest absolute Gasteiger partial charge is 0.465 e. The number of rotatable bonds is 2. The Morgan fingerprint density at radius 2 is 2.12 bits per heavy atom. The Labute approximate surface area is 88.0 Å². The van der Waals surface area contributed by atoms with Crippen LogP contribution in [0.5, 0.6) is 5.75 Å². The van der Waals surface area contributed by atoms with Gasteiger partial charge in [-0.05, 0) is 6.07 Å². The minimum atomic E-state index is -4.96. The molecule has 0 aromatic carbocycles. The molecule has 1 heterocycles. The number of pyridine rings is 1. The van der Waals surface area contributed by atoms with Crippen molar-refractivity contribution in [2.45, 2.75) is 6.36 Å². The SMILES string of the molecule is COC(=O)c1ccnc(N)c1OC(F)(F)F. The summed E-state index contributed by atoms with van der Waals surface area (Å²) in [6.07, 6.45) is -3.88. The molecule has 1 aromatic heterocycles. The number of anilines is 1. The molecule has 5 nitrogen and oxygen atoms in total. The second-order valence-electron chi connectivity index (χ2n) is 2.61. The number of esters is 1. The lowest BCUT2D eigenvalue weighted by Crippen LogP contribution is -2.20. The zero-order valence-corrected chi connectivity index (χ0v) is 8.04. The molecule has 0 fully saturated rings. The van der Waals surface area contributed by atoms with E-state index in [1.54, 1.807) is 0 Å². The largest absolute Gasteiger partial charge is 0.573 e. The Morgan fingerprint density at radius 1 is 1.50 bits per heavy atom. The van der Waals surface area contributed by atoms with Crippen LogP contribution >= 0.6 is 0 Å². The van der Waals surface area contributed by atoms with Crippen LogP contribution in [-0.4, -0.2) is 24.4 Å². The molecule has 0 saturated heterocycles. The van der Waals surface area contributed by atoms with Crippen LogP contribution in [0, 0.1) is 0 Å². The molecule has 0 aliphatic rings. The van der Waals surface area contributed by atoms with Crippen LogP contribution in [0.2, 0.25) is 0 Å². The molecule has 16 heavy (non-hydrogen) atoms. The fourth-order valence-electron chi connectivity index (χ4n) is 0.958. The molecule has 0 atom stereocenters. The highest BCUT2D eigenvalue weighted by Gasteiger charge is 2.34. The van der Waals surface area contributed by atoms with Gasteiger partial charge < -0.3 is 15.2 Å². The maximum absolute atomic E-state index is 12.0. The fraction of sp³-hybridized carbons (Fsp3) is 0.250. The number of alkyl halides is 3. The highest BCUT2D eigenvalue weighted by molar-refractivity contribution is 5.93. The van der Waals surface area contributed by atoms with E-state index >= 15 is 0 Å². The number of aromatic nitrogens is 1. The molecule has 0 spiro atoms. The van der Waals surface area contributed by atoms with Gasteiger partial charge in [-0.1, -0.05) is 0 Å². The quantitative estimate of drug-likeness (QED) is 0.784. The Hall–Kier alpha value is -1.99. The van der Waals surface area contributed by atoms with Gasteiger partial charge in [-0.25, -0.2) is 9.78 Å². The van der Waals surface area contributed by atoms with E-state index in [4.69, 9.17) is 5.73 Å². The summed E-state index contributed by atoms with van der Waals surface area (Å²) in [5.41, 5.74) is 4.74. The van der Waals surface area contributed by atoms with Crippen molar-refractivity contribution < 1.29 is 27.4 Å². The molecule has 0 bridgehead atoms. The number of ether oxygens (including phenoxy) is 2. The standard InChI is InChI=1S/C8H7F3N2O3/c1-15-7(14)4-2-3-13-6(12)5(4)16-8(9,10)11/h2-3H,1H3,(H2,12,13). The van der Waals surface area contributed by atoms with E-state index in [2.05, 4.69) is 14.5 Å². The summed E-state index contributed by atoms with van der Waals surface area (Å²) in [5, 5.41) is 0. The van der Waals surface area contributed by atoms with Gasteiger partial charge in [0.1, 0.15) is 5.56 Å². The molecular formula is C8H7F3N2O3. The van der Waals surface area contributed by atoms with E-state index in [1.807, 2.05) is 0 Å². The normalized spacial score (nSPS) is 11.0. The van der Waals surface area contributed by atoms with Crippen LogP contribution in [-0.2, 0) is 4.74 Å². The van der Waals surface area contributed by atoms with Gasteiger partial charge in [0.2, 0.25) is 0 Å².